The van der Waals surface area contributed by atoms with Gasteiger partial charge in [-0.1, -0.05) is 19.8 Å². The number of anilines is 1. The van der Waals surface area contributed by atoms with Gasteiger partial charge in [0.1, 0.15) is 0 Å². The summed E-state index contributed by atoms with van der Waals surface area (Å²) in [7, 11) is 0. The molecular formula is C10H18N4S. The van der Waals surface area contributed by atoms with Gasteiger partial charge in [0.15, 0.2) is 4.77 Å². The number of aromatic nitrogens is 3. The lowest BCUT2D eigenvalue weighted by Gasteiger charge is -2.26. The van der Waals surface area contributed by atoms with E-state index in [0.717, 1.165) is 12.5 Å². The molecule has 0 amide bonds. The molecule has 1 aromatic heterocycles. The van der Waals surface area contributed by atoms with Crippen molar-refractivity contribution in [3.8, 4) is 0 Å². The van der Waals surface area contributed by atoms with Crippen molar-refractivity contribution in [1.29, 1.82) is 0 Å². The van der Waals surface area contributed by atoms with Crippen LogP contribution in [0.25, 0.3) is 0 Å². The second-order valence-corrected chi connectivity index (χ2v) is 5.02. The van der Waals surface area contributed by atoms with Crippen LogP contribution < -0.4 is 5.73 Å². The number of aromatic amines is 1. The summed E-state index contributed by atoms with van der Waals surface area (Å²) in [5, 5.41) is 6.65. The molecule has 1 fully saturated rings. The largest absolute Gasteiger partial charge is 0.368 e. The minimum absolute atomic E-state index is 0.512. The van der Waals surface area contributed by atoms with E-state index in [4.69, 9.17) is 18.0 Å². The van der Waals surface area contributed by atoms with E-state index >= 15 is 0 Å². The number of nitrogens with one attached hydrogen (secondary N) is 1. The molecule has 0 radical (unpaired) electrons. The minimum Gasteiger partial charge on any atom is -0.368 e. The van der Waals surface area contributed by atoms with Gasteiger partial charge < -0.3 is 5.73 Å². The number of H-pyrrole nitrogens is 1. The van der Waals surface area contributed by atoms with Crippen LogP contribution in [-0.2, 0) is 6.54 Å². The SMILES string of the molecule is CC1CCCC(Cn2c(N)n[nH]c2=S)C1. The van der Waals surface area contributed by atoms with E-state index in [0.29, 0.717) is 16.6 Å². The van der Waals surface area contributed by atoms with Crippen LogP contribution in [0.3, 0.4) is 0 Å². The molecule has 15 heavy (non-hydrogen) atoms. The average molecular weight is 226 g/mol. The highest BCUT2D eigenvalue weighted by molar-refractivity contribution is 7.71. The van der Waals surface area contributed by atoms with Gasteiger partial charge in [0.05, 0.1) is 0 Å². The van der Waals surface area contributed by atoms with Crippen molar-refractivity contribution in [3.05, 3.63) is 4.77 Å². The molecule has 2 atom stereocenters. The molecule has 2 rings (SSSR count). The third-order valence-corrected chi connectivity index (χ3v) is 3.59. The van der Waals surface area contributed by atoms with E-state index < -0.39 is 0 Å². The maximum Gasteiger partial charge on any atom is 0.220 e. The standard InChI is InChI=1S/C10H18N4S/c1-7-3-2-4-8(5-7)6-14-9(11)12-13-10(14)15/h7-8H,2-6H2,1H3,(H2,11,12)(H,13,15). The summed E-state index contributed by atoms with van der Waals surface area (Å²) >= 11 is 5.14. The highest BCUT2D eigenvalue weighted by atomic mass is 32.1. The topological polar surface area (TPSA) is 59.6 Å². The quantitative estimate of drug-likeness (QED) is 0.761. The number of hydrogen-bond donors (Lipinski definition) is 2. The Labute approximate surface area is 94.9 Å². The van der Waals surface area contributed by atoms with E-state index in [2.05, 4.69) is 17.1 Å². The fraction of sp³-hybridized carbons (Fsp3) is 0.800. The summed E-state index contributed by atoms with van der Waals surface area (Å²) < 4.78 is 2.56. The van der Waals surface area contributed by atoms with Crippen molar-refractivity contribution < 1.29 is 0 Å². The summed E-state index contributed by atoms with van der Waals surface area (Å²) in [6.07, 6.45) is 5.27. The molecule has 84 valence electrons. The molecule has 1 aliphatic rings. The highest BCUT2D eigenvalue weighted by Gasteiger charge is 2.20. The maximum absolute atomic E-state index is 5.75. The lowest BCUT2D eigenvalue weighted by Crippen LogP contribution is -2.19. The van der Waals surface area contributed by atoms with Gasteiger partial charge in [-0.2, -0.15) is 0 Å². The van der Waals surface area contributed by atoms with E-state index in [1.807, 2.05) is 4.57 Å². The van der Waals surface area contributed by atoms with Gasteiger partial charge >= 0.3 is 0 Å². The van der Waals surface area contributed by atoms with Gasteiger partial charge in [-0.25, -0.2) is 5.10 Å². The van der Waals surface area contributed by atoms with Crippen molar-refractivity contribution in [2.75, 3.05) is 5.73 Å². The summed E-state index contributed by atoms with van der Waals surface area (Å²) in [5.41, 5.74) is 5.75. The summed E-state index contributed by atoms with van der Waals surface area (Å²) in [6, 6.07) is 0. The zero-order valence-corrected chi connectivity index (χ0v) is 9.89. The van der Waals surface area contributed by atoms with Crippen molar-refractivity contribution in [1.82, 2.24) is 14.8 Å². The molecule has 0 spiro atoms. The number of hydrogen-bond acceptors (Lipinski definition) is 3. The summed E-state index contributed by atoms with van der Waals surface area (Å²) in [6.45, 7) is 3.25. The number of rotatable bonds is 2. The third kappa shape index (κ3) is 2.40. The molecule has 0 bridgehead atoms. The third-order valence-electron chi connectivity index (χ3n) is 3.27. The molecule has 1 heterocycles. The minimum atomic E-state index is 0.512. The van der Waals surface area contributed by atoms with Crippen LogP contribution in [0.2, 0.25) is 0 Å². The van der Waals surface area contributed by atoms with Gasteiger partial charge in [0.2, 0.25) is 5.95 Å². The monoisotopic (exact) mass is 226 g/mol. The Morgan fingerprint density at radius 2 is 2.40 bits per heavy atom. The van der Waals surface area contributed by atoms with Crippen molar-refractivity contribution in [2.45, 2.75) is 39.2 Å². The van der Waals surface area contributed by atoms with Crippen molar-refractivity contribution in [3.63, 3.8) is 0 Å². The fourth-order valence-corrected chi connectivity index (χ4v) is 2.70. The second kappa shape index (κ2) is 4.35. The van der Waals surface area contributed by atoms with Crippen LogP contribution >= 0.6 is 12.2 Å². The van der Waals surface area contributed by atoms with E-state index in [-0.39, 0.29) is 0 Å². The Balaban J connectivity index is 2.05. The second-order valence-electron chi connectivity index (χ2n) is 4.64. The molecule has 0 saturated heterocycles. The average Bonchev–Trinajstić information content (AvgIpc) is 2.50. The summed E-state index contributed by atoms with van der Waals surface area (Å²) in [5.74, 6) is 2.06. The smallest absolute Gasteiger partial charge is 0.220 e. The first-order valence-corrected chi connectivity index (χ1v) is 5.98. The zero-order valence-electron chi connectivity index (χ0n) is 9.07. The van der Waals surface area contributed by atoms with Gasteiger partial charge in [0, 0.05) is 6.54 Å². The van der Waals surface area contributed by atoms with Gasteiger partial charge in [0.25, 0.3) is 0 Å². The Bertz CT molecular complexity index is 381. The van der Waals surface area contributed by atoms with Crippen LogP contribution in [0.4, 0.5) is 5.95 Å². The van der Waals surface area contributed by atoms with E-state index in [9.17, 15) is 0 Å². The molecule has 2 unspecified atom stereocenters. The first-order valence-electron chi connectivity index (χ1n) is 5.57. The number of nitrogens with two attached hydrogens (primary N) is 1. The predicted molar refractivity (Wildman–Crippen MR) is 62.9 cm³/mol. The molecule has 1 aliphatic carbocycles. The normalized spacial score (nSPS) is 26.7. The molecule has 5 heteroatoms. The summed E-state index contributed by atoms with van der Waals surface area (Å²) in [4.78, 5) is 0. The van der Waals surface area contributed by atoms with E-state index in [1.54, 1.807) is 0 Å². The maximum atomic E-state index is 5.75. The van der Waals surface area contributed by atoms with Crippen molar-refractivity contribution >= 4 is 18.2 Å². The van der Waals surface area contributed by atoms with Crippen LogP contribution in [0.15, 0.2) is 0 Å². The van der Waals surface area contributed by atoms with Crippen LogP contribution in [0, 0.1) is 16.6 Å². The molecule has 4 nitrogen and oxygen atoms in total. The molecule has 0 aliphatic heterocycles. The Kier molecular flexibility index (Phi) is 3.09. The molecule has 3 N–H and O–H groups in total. The van der Waals surface area contributed by atoms with E-state index in [1.165, 1.54) is 25.7 Å². The molecular weight excluding hydrogens is 208 g/mol. The predicted octanol–water partition coefficient (Wildman–Crippen LogP) is 2.35. The Morgan fingerprint density at radius 1 is 1.60 bits per heavy atom. The van der Waals surface area contributed by atoms with Crippen LogP contribution in [-0.4, -0.2) is 14.8 Å². The Hall–Kier alpha value is -0.840. The zero-order chi connectivity index (χ0) is 10.8. The Morgan fingerprint density at radius 3 is 3.00 bits per heavy atom. The van der Waals surface area contributed by atoms with Crippen LogP contribution in [0.5, 0.6) is 0 Å². The van der Waals surface area contributed by atoms with Crippen LogP contribution in [0.1, 0.15) is 32.6 Å². The molecule has 1 saturated carbocycles. The number of nitrogen functional groups attached to an aromatic ring is 1. The van der Waals surface area contributed by atoms with Crippen molar-refractivity contribution in [2.24, 2.45) is 11.8 Å². The number of nitrogens with zero attached hydrogens (tertiary/aromatic N) is 2. The first-order chi connectivity index (χ1) is 7.16. The van der Waals surface area contributed by atoms with Gasteiger partial charge in [-0.3, -0.25) is 4.57 Å². The fourth-order valence-electron chi connectivity index (χ4n) is 2.49. The molecule has 1 aromatic rings. The van der Waals surface area contributed by atoms with Gasteiger partial charge in [-0.05, 0) is 36.9 Å². The first kappa shape index (κ1) is 10.7. The molecule has 0 aromatic carbocycles. The lowest BCUT2D eigenvalue weighted by atomic mass is 9.82. The van der Waals surface area contributed by atoms with Gasteiger partial charge in [-0.15, -0.1) is 5.10 Å². The highest BCUT2D eigenvalue weighted by Crippen LogP contribution is 2.29. The lowest BCUT2D eigenvalue weighted by molar-refractivity contribution is 0.257.